The molecule has 1 aromatic carbocycles. The van der Waals surface area contributed by atoms with Gasteiger partial charge < -0.3 is 0 Å². The van der Waals surface area contributed by atoms with Gasteiger partial charge in [0.05, 0.1) is 0 Å². The van der Waals surface area contributed by atoms with Crippen LogP contribution in [0.5, 0.6) is 0 Å². The first-order chi connectivity index (χ1) is 8.20. The van der Waals surface area contributed by atoms with Crippen molar-refractivity contribution in [3.63, 3.8) is 0 Å². The lowest BCUT2D eigenvalue weighted by Gasteiger charge is -2.43. The van der Waals surface area contributed by atoms with Crippen LogP contribution in [0.25, 0.3) is 0 Å². The van der Waals surface area contributed by atoms with Gasteiger partial charge in [-0.3, -0.25) is 0 Å². The molecule has 0 atom stereocenters. The topological polar surface area (TPSA) is 0 Å². The summed E-state index contributed by atoms with van der Waals surface area (Å²) in [7, 11) is 0. The minimum atomic E-state index is 0.339. The van der Waals surface area contributed by atoms with Crippen molar-refractivity contribution in [1.29, 1.82) is 0 Å². The Labute approximate surface area is 113 Å². The van der Waals surface area contributed by atoms with Crippen molar-refractivity contribution in [2.45, 2.75) is 78.6 Å². The van der Waals surface area contributed by atoms with Gasteiger partial charge in [-0.2, -0.15) is 0 Å². The van der Waals surface area contributed by atoms with Crippen molar-refractivity contribution in [2.24, 2.45) is 0 Å². The molecule has 0 fully saturated rings. The Bertz CT molecular complexity index is 475. The summed E-state index contributed by atoms with van der Waals surface area (Å²) in [6.07, 6.45) is 3.76. The van der Waals surface area contributed by atoms with Gasteiger partial charge in [0, 0.05) is 0 Å². The lowest BCUT2D eigenvalue weighted by molar-refractivity contribution is 0.330. The zero-order chi connectivity index (χ0) is 13.7. The van der Waals surface area contributed by atoms with Crippen molar-refractivity contribution >= 4 is 0 Å². The molecule has 18 heavy (non-hydrogen) atoms. The van der Waals surface area contributed by atoms with Crippen LogP contribution < -0.4 is 0 Å². The largest absolute Gasteiger partial charge is 0.0613 e. The minimum absolute atomic E-state index is 0.339. The fraction of sp³-hybridized carbons (Fsp3) is 0.667. The molecule has 1 aromatic rings. The van der Waals surface area contributed by atoms with Gasteiger partial charge >= 0.3 is 0 Å². The van der Waals surface area contributed by atoms with Crippen LogP contribution in [0.2, 0.25) is 0 Å². The van der Waals surface area contributed by atoms with Gasteiger partial charge in [0.2, 0.25) is 0 Å². The third kappa shape index (κ3) is 1.90. The average Bonchev–Trinajstić information content (AvgIpc) is 2.28. The van der Waals surface area contributed by atoms with E-state index in [2.05, 4.69) is 54.5 Å². The van der Waals surface area contributed by atoms with Gasteiger partial charge in [-0.25, -0.2) is 0 Å². The maximum atomic E-state index is 2.50. The number of hydrogen-bond donors (Lipinski definition) is 0. The molecule has 0 radical (unpaired) electrons. The van der Waals surface area contributed by atoms with E-state index in [1.165, 1.54) is 24.0 Å². The molecule has 0 saturated heterocycles. The van der Waals surface area contributed by atoms with Crippen molar-refractivity contribution < 1.29 is 0 Å². The molecular weight excluding hydrogens is 216 g/mol. The van der Waals surface area contributed by atoms with Crippen molar-refractivity contribution in [1.82, 2.24) is 0 Å². The normalized spacial score (nSPS) is 20.6. The zero-order valence-electron chi connectivity index (χ0n) is 13.2. The number of aryl methyl sites for hydroxylation is 1. The first-order valence-corrected chi connectivity index (χ1v) is 7.35. The van der Waals surface area contributed by atoms with Gasteiger partial charge in [0.1, 0.15) is 0 Å². The lowest BCUT2D eigenvalue weighted by atomic mass is 9.61. The van der Waals surface area contributed by atoms with Gasteiger partial charge in [-0.15, -0.1) is 0 Å². The Hall–Kier alpha value is -0.780. The van der Waals surface area contributed by atoms with Crippen LogP contribution in [0.3, 0.4) is 0 Å². The highest BCUT2D eigenvalue weighted by Crippen LogP contribution is 2.48. The number of hydrogen-bond acceptors (Lipinski definition) is 0. The van der Waals surface area contributed by atoms with Crippen molar-refractivity contribution in [3.8, 4) is 0 Å². The third-order valence-electron chi connectivity index (χ3n) is 5.17. The van der Waals surface area contributed by atoms with E-state index in [-0.39, 0.29) is 0 Å². The molecular formula is C18H28. The standard InChI is InChI=1S/C18H28/c1-8-14-11-15-16(13(3)12(14)2)18(6,7)10-9-17(15,4)5/h11H,8-10H2,1-7H3. The van der Waals surface area contributed by atoms with Crippen LogP contribution in [0.4, 0.5) is 0 Å². The lowest BCUT2D eigenvalue weighted by Crippen LogP contribution is -2.35. The maximum absolute atomic E-state index is 2.50. The molecule has 0 heteroatoms. The average molecular weight is 244 g/mol. The second kappa shape index (κ2) is 4.11. The van der Waals surface area contributed by atoms with Gasteiger partial charge in [-0.05, 0) is 71.8 Å². The first-order valence-electron chi connectivity index (χ1n) is 7.35. The Morgan fingerprint density at radius 1 is 0.944 bits per heavy atom. The number of fused-ring (bicyclic) bond motifs is 1. The van der Waals surface area contributed by atoms with E-state index >= 15 is 0 Å². The minimum Gasteiger partial charge on any atom is -0.0613 e. The molecule has 0 spiro atoms. The van der Waals surface area contributed by atoms with Crippen LogP contribution in [0.1, 0.15) is 75.3 Å². The number of benzene rings is 1. The Morgan fingerprint density at radius 3 is 2.06 bits per heavy atom. The summed E-state index contributed by atoms with van der Waals surface area (Å²) < 4.78 is 0. The molecule has 0 aliphatic heterocycles. The summed E-state index contributed by atoms with van der Waals surface area (Å²) in [5.74, 6) is 0. The molecule has 0 nitrogen and oxygen atoms in total. The van der Waals surface area contributed by atoms with Gasteiger partial charge in [0.25, 0.3) is 0 Å². The fourth-order valence-electron chi connectivity index (χ4n) is 3.64. The molecule has 0 unspecified atom stereocenters. The molecule has 100 valence electrons. The molecule has 1 aliphatic rings. The first kappa shape index (κ1) is 13.6. The molecule has 2 rings (SSSR count). The van der Waals surface area contributed by atoms with Gasteiger partial charge in [-0.1, -0.05) is 40.7 Å². The quantitative estimate of drug-likeness (QED) is 0.635. The summed E-state index contributed by atoms with van der Waals surface area (Å²) in [5, 5.41) is 0. The molecule has 0 heterocycles. The molecule has 0 saturated carbocycles. The Kier molecular flexibility index (Phi) is 3.12. The molecule has 0 N–H and O–H groups in total. The van der Waals surface area contributed by atoms with E-state index < -0.39 is 0 Å². The van der Waals surface area contributed by atoms with Crippen molar-refractivity contribution in [2.75, 3.05) is 0 Å². The summed E-state index contributed by atoms with van der Waals surface area (Å²) in [4.78, 5) is 0. The zero-order valence-corrected chi connectivity index (χ0v) is 13.2. The highest BCUT2D eigenvalue weighted by molar-refractivity contribution is 5.52. The smallest absolute Gasteiger partial charge is 0.00976 e. The van der Waals surface area contributed by atoms with Crippen LogP contribution in [0.15, 0.2) is 6.07 Å². The van der Waals surface area contributed by atoms with Crippen LogP contribution in [-0.4, -0.2) is 0 Å². The molecule has 0 bridgehead atoms. The summed E-state index contributed by atoms with van der Waals surface area (Å²) in [6, 6.07) is 2.50. The summed E-state index contributed by atoms with van der Waals surface area (Å²) in [6.45, 7) is 16.6. The Balaban J connectivity index is 2.80. The predicted octanol–water partition coefficient (Wildman–Crippen LogP) is 5.21. The van der Waals surface area contributed by atoms with Crippen LogP contribution >= 0.6 is 0 Å². The maximum Gasteiger partial charge on any atom is -0.00976 e. The Morgan fingerprint density at radius 2 is 1.50 bits per heavy atom. The molecule has 1 aliphatic carbocycles. The second-order valence-corrected chi connectivity index (χ2v) is 7.33. The predicted molar refractivity (Wildman–Crippen MR) is 80.6 cm³/mol. The van der Waals surface area contributed by atoms with E-state index in [0.29, 0.717) is 10.8 Å². The summed E-state index contributed by atoms with van der Waals surface area (Å²) in [5.41, 5.74) is 8.52. The van der Waals surface area contributed by atoms with E-state index in [4.69, 9.17) is 0 Å². The third-order valence-corrected chi connectivity index (χ3v) is 5.17. The van der Waals surface area contributed by atoms with Crippen molar-refractivity contribution in [3.05, 3.63) is 33.9 Å². The molecule has 0 aromatic heterocycles. The highest BCUT2D eigenvalue weighted by atomic mass is 14.4. The van der Waals surface area contributed by atoms with E-state index in [9.17, 15) is 0 Å². The molecule has 0 amide bonds. The van der Waals surface area contributed by atoms with E-state index in [1.54, 1.807) is 16.7 Å². The van der Waals surface area contributed by atoms with Crippen LogP contribution in [0, 0.1) is 13.8 Å². The second-order valence-electron chi connectivity index (χ2n) is 7.33. The fourth-order valence-corrected chi connectivity index (χ4v) is 3.64. The SMILES string of the molecule is CCc1cc2c(c(C)c1C)C(C)(C)CCC2(C)C. The van der Waals surface area contributed by atoms with E-state index in [1.807, 2.05) is 0 Å². The summed E-state index contributed by atoms with van der Waals surface area (Å²) >= 11 is 0. The number of rotatable bonds is 1. The van der Waals surface area contributed by atoms with Crippen LogP contribution in [-0.2, 0) is 17.3 Å². The highest BCUT2D eigenvalue weighted by Gasteiger charge is 2.38. The van der Waals surface area contributed by atoms with E-state index in [0.717, 1.165) is 6.42 Å². The van der Waals surface area contributed by atoms with Gasteiger partial charge in [0.15, 0.2) is 0 Å². The monoisotopic (exact) mass is 244 g/mol.